The Morgan fingerprint density at radius 1 is 0.562 bits per heavy atom. The fourth-order valence-electron chi connectivity index (χ4n) is 0. The minimum atomic E-state index is 0. The molecule has 82 valence electrons. The van der Waals surface area contributed by atoms with E-state index >= 15 is 0 Å². The molecule has 0 aliphatic heterocycles. The third-order valence-corrected chi connectivity index (χ3v) is 0. The maximum absolute atomic E-state index is 6.88. The molecule has 16 heavy (non-hydrogen) atoms. The summed E-state index contributed by atoms with van der Waals surface area (Å²) in [6, 6.07) is 0. The molecule has 0 aromatic carbocycles. The molecule has 9 nitrogen and oxygen atoms in total. The third-order valence-electron chi connectivity index (χ3n) is 0. The third kappa shape index (κ3) is 3650. The second-order valence-corrected chi connectivity index (χ2v) is 0.400. The Hall–Kier alpha value is 0.886. The fourth-order valence-corrected chi connectivity index (χ4v) is 0. The number of rotatable bonds is 0. The zero-order valence-corrected chi connectivity index (χ0v) is 15.6. The molecule has 0 aromatic heterocycles. The monoisotopic (exact) mass is 326 g/mol. The standard InChI is InChI=1S/4CHNO.2K.Ni.H2O/c4*2-1-3;;;;/h4*3H;;;;1H2/q;;;;2*+1;;. The molecule has 12 heteroatoms. The Bertz CT molecular complexity index is 168. The molecule has 0 rings (SSSR count). The van der Waals surface area contributed by atoms with Crippen molar-refractivity contribution in [2.75, 3.05) is 0 Å². The van der Waals surface area contributed by atoms with Gasteiger partial charge in [-0.15, -0.1) is 0 Å². The SMILES string of the molecule is N#CO.N#CO.N#CO.N#CO.O.[K+].[K+].[Ni]. The predicted octanol–water partition coefficient (Wildman–Crippen LogP) is -7.46. The fraction of sp³-hybridized carbons (Fsp3) is 0. The van der Waals surface area contributed by atoms with Gasteiger partial charge in [-0.1, -0.05) is 0 Å². The number of aliphatic hydroxyl groups is 4. The summed E-state index contributed by atoms with van der Waals surface area (Å²) in [4.78, 5) is 0. The minimum Gasteiger partial charge on any atom is -0.443 e. The van der Waals surface area contributed by atoms with E-state index in [1.54, 1.807) is 0 Å². The summed E-state index contributed by atoms with van der Waals surface area (Å²) in [5, 5.41) is 55.0. The van der Waals surface area contributed by atoms with Gasteiger partial charge in [-0.3, -0.25) is 0 Å². The van der Waals surface area contributed by atoms with E-state index < -0.39 is 0 Å². The van der Waals surface area contributed by atoms with Crippen molar-refractivity contribution < 1.29 is 145 Å². The quantitative estimate of drug-likeness (QED) is 0.247. The number of hydrogen-bond acceptors (Lipinski definition) is 8. The van der Waals surface area contributed by atoms with E-state index in [9.17, 15) is 0 Å². The van der Waals surface area contributed by atoms with Crippen LogP contribution >= 0.6 is 0 Å². The molecular formula is C4H6K2N4NiO5+2. The van der Waals surface area contributed by atoms with Gasteiger partial charge in [0, 0.05) is 16.5 Å². The van der Waals surface area contributed by atoms with E-state index in [-0.39, 0.29) is 125 Å². The molecule has 0 spiro atoms. The van der Waals surface area contributed by atoms with E-state index in [1.807, 2.05) is 0 Å². The number of nitriles is 4. The van der Waals surface area contributed by atoms with Gasteiger partial charge in [0.15, 0.2) is 0 Å². The molecular weight excluding hydrogens is 321 g/mol. The molecule has 0 aliphatic rings. The summed E-state index contributed by atoms with van der Waals surface area (Å²) < 4.78 is 0. The smallest absolute Gasteiger partial charge is 0.443 e. The van der Waals surface area contributed by atoms with Gasteiger partial charge >= 0.3 is 103 Å². The molecule has 0 saturated carbocycles. The molecule has 0 unspecified atom stereocenters. The van der Waals surface area contributed by atoms with Gasteiger partial charge in [-0.2, -0.15) is 21.0 Å². The normalized spacial score (nSPS) is 1.75. The molecule has 0 bridgehead atoms. The topological polar surface area (TPSA) is 208 Å². The molecule has 0 saturated heterocycles. The van der Waals surface area contributed by atoms with E-state index in [0.29, 0.717) is 0 Å². The van der Waals surface area contributed by atoms with Crippen LogP contribution in [0.3, 0.4) is 0 Å². The van der Waals surface area contributed by atoms with Crippen molar-refractivity contribution in [2.45, 2.75) is 0 Å². The Labute approximate surface area is 187 Å². The van der Waals surface area contributed by atoms with Crippen LogP contribution in [0.25, 0.3) is 0 Å². The molecule has 0 amide bonds. The maximum Gasteiger partial charge on any atom is 1.00 e. The first-order chi connectivity index (χ1) is 5.66. The number of nitrogens with zero attached hydrogens (tertiary/aromatic N) is 4. The molecule has 0 heterocycles. The second-order valence-electron chi connectivity index (χ2n) is 0.400. The van der Waals surface area contributed by atoms with Crippen molar-refractivity contribution in [3.63, 3.8) is 0 Å². The van der Waals surface area contributed by atoms with E-state index in [1.165, 1.54) is 0 Å². The summed E-state index contributed by atoms with van der Waals surface area (Å²) in [6.45, 7) is 0. The van der Waals surface area contributed by atoms with Crippen LogP contribution in [0.15, 0.2) is 0 Å². The van der Waals surface area contributed by atoms with Crippen molar-refractivity contribution in [1.29, 1.82) is 21.0 Å². The largest absolute Gasteiger partial charge is 1.00 e. The summed E-state index contributed by atoms with van der Waals surface area (Å²) in [5.74, 6) is 0. The van der Waals surface area contributed by atoms with Crippen molar-refractivity contribution in [3.8, 4) is 25.0 Å². The zero-order chi connectivity index (χ0) is 10.8. The van der Waals surface area contributed by atoms with Gasteiger partial charge < -0.3 is 25.9 Å². The van der Waals surface area contributed by atoms with Crippen LogP contribution in [-0.4, -0.2) is 25.9 Å². The summed E-state index contributed by atoms with van der Waals surface area (Å²) in [7, 11) is 0. The Morgan fingerprint density at radius 3 is 0.562 bits per heavy atom. The van der Waals surface area contributed by atoms with E-state index in [0.717, 1.165) is 25.0 Å². The van der Waals surface area contributed by atoms with E-state index in [4.69, 9.17) is 41.5 Å². The van der Waals surface area contributed by atoms with Gasteiger partial charge in [0.05, 0.1) is 0 Å². The molecule has 0 aromatic rings. The van der Waals surface area contributed by atoms with Gasteiger partial charge in [0.25, 0.3) is 25.0 Å². The average Bonchev–Trinajstić information content (AvgIpc) is 1.92. The van der Waals surface area contributed by atoms with Gasteiger partial charge in [0.1, 0.15) is 0 Å². The first-order valence-electron chi connectivity index (χ1n) is 1.79. The Kier molecular flexibility index (Phi) is 497. The van der Waals surface area contributed by atoms with Gasteiger partial charge in [-0.05, 0) is 0 Å². The van der Waals surface area contributed by atoms with Crippen molar-refractivity contribution in [1.82, 2.24) is 0 Å². The zero-order valence-electron chi connectivity index (χ0n) is 8.39. The maximum atomic E-state index is 6.88. The van der Waals surface area contributed by atoms with Crippen LogP contribution in [0.4, 0.5) is 0 Å². The van der Waals surface area contributed by atoms with Crippen LogP contribution in [0.2, 0.25) is 0 Å². The van der Waals surface area contributed by atoms with Crippen LogP contribution in [0.1, 0.15) is 0 Å². The summed E-state index contributed by atoms with van der Waals surface area (Å²) >= 11 is 0. The van der Waals surface area contributed by atoms with Crippen LogP contribution in [0, 0.1) is 46.1 Å². The first-order valence-corrected chi connectivity index (χ1v) is 1.79. The molecule has 0 aliphatic carbocycles. The predicted molar refractivity (Wildman–Crippen MR) is 33.8 cm³/mol. The van der Waals surface area contributed by atoms with E-state index in [2.05, 4.69) is 0 Å². The second kappa shape index (κ2) is 147. The summed E-state index contributed by atoms with van der Waals surface area (Å²) in [5.41, 5.74) is 0. The molecule has 0 atom stereocenters. The van der Waals surface area contributed by atoms with Gasteiger partial charge in [-0.25, -0.2) is 0 Å². The first kappa shape index (κ1) is 54.0. The number of hydrogen-bond donors (Lipinski definition) is 4. The molecule has 0 radical (unpaired) electrons. The number of aliphatic hydroxyl groups excluding tert-OH is 4. The minimum absolute atomic E-state index is 0. The van der Waals surface area contributed by atoms with Crippen LogP contribution < -0.4 is 103 Å². The average molecular weight is 327 g/mol. The molecule has 6 N–H and O–H groups in total. The van der Waals surface area contributed by atoms with Crippen LogP contribution in [0.5, 0.6) is 0 Å². The molecule has 0 fully saturated rings. The summed E-state index contributed by atoms with van der Waals surface area (Å²) in [6.07, 6.45) is 3.00. The van der Waals surface area contributed by atoms with Crippen molar-refractivity contribution >= 4 is 0 Å². The van der Waals surface area contributed by atoms with Crippen molar-refractivity contribution in [3.05, 3.63) is 0 Å². The van der Waals surface area contributed by atoms with Crippen LogP contribution in [-0.2, 0) is 16.5 Å². The Balaban J connectivity index is -0.00000000821. The van der Waals surface area contributed by atoms with Gasteiger partial charge in [0.2, 0.25) is 0 Å². The Morgan fingerprint density at radius 2 is 0.562 bits per heavy atom. The van der Waals surface area contributed by atoms with Crippen molar-refractivity contribution in [2.24, 2.45) is 0 Å².